The molecule has 0 spiro atoms. The minimum Gasteiger partial charge on any atom is -0.212 e. The van der Waals surface area contributed by atoms with E-state index >= 15 is 0 Å². The first-order chi connectivity index (χ1) is 6.85. The standard InChI is InChI=1S/C11H22OS2/c1-3-4-5-6-7-8-9-10-11(13-2)14-12/h3-10H2,1-2H3. The molecule has 0 amide bonds. The third kappa shape index (κ3) is 8.82. The Labute approximate surface area is 96.1 Å². The molecule has 0 bridgehead atoms. The highest BCUT2D eigenvalue weighted by Crippen LogP contribution is 2.11. The van der Waals surface area contributed by atoms with Crippen molar-refractivity contribution in [3.8, 4) is 0 Å². The zero-order valence-electron chi connectivity index (χ0n) is 9.38. The van der Waals surface area contributed by atoms with Crippen LogP contribution in [-0.4, -0.2) is 14.7 Å². The number of rotatable bonds is 8. The lowest BCUT2D eigenvalue weighted by Gasteiger charge is -2.00. The highest BCUT2D eigenvalue weighted by atomic mass is 32.2. The van der Waals surface area contributed by atoms with Crippen molar-refractivity contribution in [3.05, 3.63) is 0 Å². The van der Waals surface area contributed by atoms with Gasteiger partial charge in [-0.15, -0.1) is 11.8 Å². The molecule has 0 fully saturated rings. The lowest BCUT2D eigenvalue weighted by atomic mass is 10.1. The molecule has 0 aliphatic rings. The van der Waals surface area contributed by atoms with Crippen molar-refractivity contribution in [1.29, 1.82) is 0 Å². The molecule has 0 aromatic heterocycles. The normalized spacial score (nSPS) is 10.1. The smallest absolute Gasteiger partial charge is 0.0990 e. The summed E-state index contributed by atoms with van der Waals surface area (Å²) in [5.74, 6) is 0. The molecule has 1 nitrogen and oxygen atoms in total. The molecule has 0 saturated carbocycles. The fourth-order valence-corrected chi connectivity index (χ4v) is 2.25. The topological polar surface area (TPSA) is 17.1 Å². The van der Waals surface area contributed by atoms with Crippen molar-refractivity contribution >= 4 is 27.2 Å². The number of hydrogen-bond acceptors (Lipinski definition) is 2. The van der Waals surface area contributed by atoms with Crippen molar-refractivity contribution < 1.29 is 4.21 Å². The van der Waals surface area contributed by atoms with Crippen molar-refractivity contribution in [2.75, 3.05) is 6.26 Å². The van der Waals surface area contributed by atoms with E-state index in [9.17, 15) is 4.21 Å². The van der Waals surface area contributed by atoms with Crippen LogP contribution < -0.4 is 0 Å². The molecule has 0 aromatic rings. The molecule has 0 aromatic carbocycles. The van der Waals surface area contributed by atoms with E-state index in [4.69, 9.17) is 0 Å². The monoisotopic (exact) mass is 234 g/mol. The number of unbranched alkanes of at least 4 members (excludes halogenated alkanes) is 6. The molecule has 84 valence electrons. The first-order valence-corrected chi connectivity index (χ1v) is 7.51. The molecule has 0 heterocycles. The van der Waals surface area contributed by atoms with Gasteiger partial charge in [0, 0.05) is 0 Å². The van der Waals surface area contributed by atoms with Gasteiger partial charge in [0.2, 0.25) is 0 Å². The second-order valence-corrected chi connectivity index (χ2v) is 5.35. The third-order valence-electron chi connectivity index (χ3n) is 2.31. The van der Waals surface area contributed by atoms with Gasteiger partial charge in [-0.25, -0.2) is 4.21 Å². The second-order valence-electron chi connectivity index (χ2n) is 3.53. The molecule has 0 aliphatic heterocycles. The molecule has 14 heavy (non-hydrogen) atoms. The van der Waals surface area contributed by atoms with E-state index in [1.807, 2.05) is 6.26 Å². The van der Waals surface area contributed by atoms with Crippen molar-refractivity contribution in [1.82, 2.24) is 0 Å². The fraction of sp³-hybridized carbons (Fsp3) is 0.909. The molecule has 0 rings (SSSR count). The van der Waals surface area contributed by atoms with Crippen LogP contribution in [0.15, 0.2) is 0 Å². The van der Waals surface area contributed by atoms with Crippen LogP contribution in [0.1, 0.15) is 58.3 Å². The largest absolute Gasteiger partial charge is 0.212 e. The van der Waals surface area contributed by atoms with Crippen LogP contribution >= 0.6 is 11.8 Å². The Morgan fingerprint density at radius 3 is 2.07 bits per heavy atom. The summed E-state index contributed by atoms with van der Waals surface area (Å²) in [6.07, 6.45) is 12.2. The fourth-order valence-electron chi connectivity index (χ4n) is 1.40. The first kappa shape index (κ1) is 14.2. The summed E-state index contributed by atoms with van der Waals surface area (Å²) in [6.45, 7) is 2.24. The van der Waals surface area contributed by atoms with Gasteiger partial charge in [0.05, 0.1) is 15.5 Å². The first-order valence-electron chi connectivity index (χ1n) is 5.54. The Bertz CT molecular complexity index is 174. The summed E-state index contributed by atoms with van der Waals surface area (Å²) in [5, 5.41) is 0. The van der Waals surface area contributed by atoms with Crippen molar-refractivity contribution in [3.63, 3.8) is 0 Å². The summed E-state index contributed by atoms with van der Waals surface area (Å²) in [5.41, 5.74) is 0. The van der Waals surface area contributed by atoms with Crippen LogP contribution in [0.5, 0.6) is 0 Å². The van der Waals surface area contributed by atoms with E-state index in [0.29, 0.717) is 11.3 Å². The lowest BCUT2D eigenvalue weighted by Crippen LogP contribution is -1.90. The van der Waals surface area contributed by atoms with Crippen molar-refractivity contribution in [2.45, 2.75) is 58.3 Å². The summed E-state index contributed by atoms with van der Waals surface area (Å²) in [7, 11) is 0. The van der Waals surface area contributed by atoms with E-state index in [-0.39, 0.29) is 0 Å². The molecule has 0 atom stereocenters. The minimum atomic E-state index is 0.671. The maximum absolute atomic E-state index is 10.5. The Balaban J connectivity index is 3.17. The maximum atomic E-state index is 10.5. The van der Waals surface area contributed by atoms with Gasteiger partial charge in [0.1, 0.15) is 0 Å². The Hall–Kier alpha value is 0.240. The highest BCUT2D eigenvalue weighted by Gasteiger charge is 1.96. The number of thioether (sulfide) groups is 1. The highest BCUT2D eigenvalue weighted by molar-refractivity contribution is 8.20. The molecule has 0 N–H and O–H groups in total. The number of hydrogen-bond donors (Lipinski definition) is 0. The lowest BCUT2D eigenvalue weighted by molar-refractivity contribution is 0.596. The SMILES string of the molecule is CCCCCCCCCC(SC)=S=O. The predicted molar refractivity (Wildman–Crippen MR) is 69.3 cm³/mol. The molecule has 3 heteroatoms. The minimum absolute atomic E-state index is 0.671. The van der Waals surface area contributed by atoms with E-state index < -0.39 is 0 Å². The van der Waals surface area contributed by atoms with Gasteiger partial charge in [0.25, 0.3) is 0 Å². The summed E-state index contributed by atoms with van der Waals surface area (Å²) >= 11 is 2.28. The maximum Gasteiger partial charge on any atom is 0.0990 e. The van der Waals surface area contributed by atoms with Gasteiger partial charge in [-0.3, -0.25) is 0 Å². The van der Waals surface area contributed by atoms with Crippen LogP contribution in [-0.2, 0) is 11.3 Å². The van der Waals surface area contributed by atoms with E-state index in [1.165, 1.54) is 44.9 Å². The van der Waals surface area contributed by atoms with Gasteiger partial charge in [0.15, 0.2) is 0 Å². The van der Waals surface area contributed by atoms with Crippen LogP contribution in [0.2, 0.25) is 0 Å². The summed E-state index contributed by atoms with van der Waals surface area (Å²) in [6, 6.07) is 0. The Morgan fingerprint density at radius 2 is 1.57 bits per heavy atom. The molecule has 0 radical (unpaired) electrons. The third-order valence-corrected chi connectivity index (χ3v) is 4.06. The quantitative estimate of drug-likeness (QED) is 0.469. The van der Waals surface area contributed by atoms with Crippen LogP contribution in [0.4, 0.5) is 0 Å². The van der Waals surface area contributed by atoms with Crippen LogP contribution in [0, 0.1) is 0 Å². The van der Waals surface area contributed by atoms with Crippen LogP contribution in [0.3, 0.4) is 0 Å². The summed E-state index contributed by atoms with van der Waals surface area (Å²) < 4.78 is 11.6. The molecular weight excluding hydrogens is 212 g/mol. The second kappa shape index (κ2) is 11.3. The Morgan fingerprint density at radius 1 is 1.00 bits per heavy atom. The molecular formula is C11H22OS2. The zero-order valence-corrected chi connectivity index (χ0v) is 11.0. The average Bonchev–Trinajstić information content (AvgIpc) is 2.22. The zero-order chi connectivity index (χ0) is 10.6. The van der Waals surface area contributed by atoms with Crippen LogP contribution in [0.25, 0.3) is 0 Å². The molecule has 0 unspecified atom stereocenters. The predicted octanol–water partition coefficient (Wildman–Crippen LogP) is 3.83. The average molecular weight is 234 g/mol. The summed E-state index contributed by atoms with van der Waals surface area (Å²) in [4.78, 5) is 0. The Kier molecular flexibility index (Phi) is 11.5. The molecule has 0 aliphatic carbocycles. The van der Waals surface area contributed by atoms with Gasteiger partial charge in [-0.2, -0.15) is 0 Å². The van der Waals surface area contributed by atoms with Gasteiger partial charge in [-0.05, 0) is 19.1 Å². The molecule has 0 saturated heterocycles. The van der Waals surface area contributed by atoms with E-state index in [2.05, 4.69) is 6.92 Å². The van der Waals surface area contributed by atoms with Crippen molar-refractivity contribution in [2.24, 2.45) is 0 Å². The van der Waals surface area contributed by atoms with Gasteiger partial charge >= 0.3 is 0 Å². The van der Waals surface area contributed by atoms with Gasteiger partial charge < -0.3 is 0 Å². The van der Waals surface area contributed by atoms with E-state index in [1.54, 1.807) is 11.8 Å². The van der Waals surface area contributed by atoms with Gasteiger partial charge in [-0.1, -0.05) is 45.4 Å². The van der Waals surface area contributed by atoms with E-state index in [0.717, 1.165) is 10.6 Å².